The van der Waals surface area contributed by atoms with Crippen LogP contribution in [0.3, 0.4) is 0 Å². The molecule has 0 aromatic rings. The van der Waals surface area contributed by atoms with E-state index in [1.165, 1.54) is 17.1 Å². The zero-order chi connectivity index (χ0) is 14.1. The average Bonchev–Trinajstić information content (AvgIpc) is 2.70. The Morgan fingerprint density at radius 1 is 1.16 bits per heavy atom. The second-order valence-corrected chi connectivity index (χ2v) is 4.22. The van der Waals surface area contributed by atoms with Crippen LogP contribution in [-0.2, 0) is 19.2 Å². The minimum atomic E-state index is -0.271. The molecule has 1 rings (SSSR count). The summed E-state index contributed by atoms with van der Waals surface area (Å²) in [6.45, 7) is 0.719. The van der Waals surface area contributed by atoms with E-state index in [2.05, 4.69) is 5.32 Å². The molecule has 1 aliphatic rings. The summed E-state index contributed by atoms with van der Waals surface area (Å²) in [4.78, 5) is 44.8. The van der Waals surface area contributed by atoms with Crippen LogP contribution in [0.1, 0.15) is 32.1 Å². The third kappa shape index (κ3) is 5.46. The van der Waals surface area contributed by atoms with Gasteiger partial charge in [-0.25, -0.2) is 0 Å². The van der Waals surface area contributed by atoms with Gasteiger partial charge in [-0.3, -0.25) is 24.1 Å². The van der Waals surface area contributed by atoms with Gasteiger partial charge in [-0.2, -0.15) is 0 Å². The predicted octanol–water partition coefficient (Wildman–Crippen LogP) is 0.0878. The molecular weight excluding hydrogens is 248 g/mol. The first-order valence-corrected chi connectivity index (χ1v) is 6.30. The fourth-order valence-corrected chi connectivity index (χ4v) is 1.73. The number of carbonyl (C=O) groups excluding carboxylic acids is 4. The molecule has 0 spiro atoms. The molecule has 103 valence electrons. The maximum Gasteiger partial charge on any atom is 0.253 e. The van der Waals surface area contributed by atoms with E-state index in [4.69, 9.17) is 0 Å². The molecule has 6 heteroatoms. The van der Waals surface area contributed by atoms with Crippen molar-refractivity contribution in [2.45, 2.75) is 32.1 Å². The molecule has 0 unspecified atom stereocenters. The number of unbranched alkanes of at least 4 members (excludes halogenated alkanes) is 2. The van der Waals surface area contributed by atoms with Gasteiger partial charge in [-0.05, 0) is 12.8 Å². The standard InChI is InChI=1S/C13H17N2O4/c16-10-4-8-14-11(17)5-2-1-3-9-15-12(18)6-7-13(15)19/h6-7H,1-5,8-9H2,(H,14,17). The Bertz CT molecular complexity index is 372. The smallest absolute Gasteiger partial charge is 0.253 e. The van der Waals surface area contributed by atoms with Gasteiger partial charge in [0.05, 0.1) is 0 Å². The van der Waals surface area contributed by atoms with Gasteiger partial charge in [-0.1, -0.05) is 6.42 Å². The second-order valence-electron chi connectivity index (χ2n) is 4.22. The first kappa shape index (κ1) is 15.1. The average molecular weight is 265 g/mol. The normalized spacial score (nSPS) is 14.0. The zero-order valence-electron chi connectivity index (χ0n) is 10.7. The summed E-state index contributed by atoms with van der Waals surface area (Å²) < 4.78 is 0. The van der Waals surface area contributed by atoms with Crippen LogP contribution in [0.5, 0.6) is 0 Å². The number of nitrogens with one attached hydrogen (secondary N) is 1. The second kappa shape index (κ2) is 8.18. The lowest BCUT2D eigenvalue weighted by Crippen LogP contribution is -2.30. The first-order valence-electron chi connectivity index (χ1n) is 6.30. The number of rotatable bonds is 9. The number of imide groups is 1. The highest BCUT2D eigenvalue weighted by atomic mass is 16.2. The van der Waals surface area contributed by atoms with Crippen molar-refractivity contribution in [1.29, 1.82) is 0 Å². The van der Waals surface area contributed by atoms with Crippen molar-refractivity contribution < 1.29 is 19.2 Å². The fraction of sp³-hybridized carbons (Fsp3) is 0.538. The maximum atomic E-state index is 11.3. The molecule has 19 heavy (non-hydrogen) atoms. The van der Waals surface area contributed by atoms with Crippen molar-refractivity contribution in [3.05, 3.63) is 12.2 Å². The Balaban J connectivity index is 2.02. The van der Waals surface area contributed by atoms with E-state index in [1.54, 1.807) is 6.29 Å². The Hall–Kier alpha value is -1.98. The van der Waals surface area contributed by atoms with E-state index >= 15 is 0 Å². The van der Waals surface area contributed by atoms with Crippen molar-refractivity contribution in [1.82, 2.24) is 10.2 Å². The summed E-state index contributed by atoms with van der Waals surface area (Å²) >= 11 is 0. The van der Waals surface area contributed by atoms with E-state index in [-0.39, 0.29) is 24.1 Å². The summed E-state index contributed by atoms with van der Waals surface area (Å²) in [5, 5.41) is 2.60. The minimum Gasteiger partial charge on any atom is -0.356 e. The van der Waals surface area contributed by atoms with Crippen LogP contribution >= 0.6 is 0 Å². The molecule has 0 aliphatic carbocycles. The quantitative estimate of drug-likeness (QED) is 0.473. The van der Waals surface area contributed by atoms with Gasteiger partial charge in [0.25, 0.3) is 11.8 Å². The Labute approximate surface area is 111 Å². The largest absolute Gasteiger partial charge is 0.356 e. The number of hydrogen-bond acceptors (Lipinski definition) is 4. The van der Waals surface area contributed by atoms with E-state index in [0.717, 1.165) is 6.42 Å². The van der Waals surface area contributed by atoms with Crippen LogP contribution in [0, 0.1) is 0 Å². The van der Waals surface area contributed by atoms with Crippen molar-refractivity contribution in [3.63, 3.8) is 0 Å². The SMILES string of the molecule is O=[C]CCNC(=O)CCCCCN1C(=O)C=CC1=O. The molecule has 3 amide bonds. The van der Waals surface area contributed by atoms with Gasteiger partial charge < -0.3 is 5.32 Å². The Morgan fingerprint density at radius 3 is 2.47 bits per heavy atom. The fourth-order valence-electron chi connectivity index (χ4n) is 1.73. The molecule has 6 nitrogen and oxygen atoms in total. The zero-order valence-corrected chi connectivity index (χ0v) is 10.7. The third-order valence-electron chi connectivity index (χ3n) is 2.74. The summed E-state index contributed by atoms with van der Waals surface area (Å²) in [6.07, 6.45) is 6.97. The molecule has 1 N–H and O–H groups in total. The Morgan fingerprint density at radius 2 is 1.84 bits per heavy atom. The first-order chi connectivity index (χ1) is 9.15. The van der Waals surface area contributed by atoms with Crippen LogP contribution in [-0.4, -0.2) is 42.0 Å². The maximum absolute atomic E-state index is 11.3. The van der Waals surface area contributed by atoms with Crippen LogP contribution in [0.15, 0.2) is 12.2 Å². The molecule has 0 bridgehead atoms. The molecule has 0 aromatic carbocycles. The lowest BCUT2D eigenvalue weighted by atomic mass is 10.2. The molecule has 0 fully saturated rings. The van der Waals surface area contributed by atoms with Gasteiger partial charge in [0.1, 0.15) is 0 Å². The summed E-state index contributed by atoms with van der Waals surface area (Å²) in [5.74, 6) is -0.633. The number of carbonyl (C=O) groups is 3. The van der Waals surface area contributed by atoms with Crippen LogP contribution < -0.4 is 5.32 Å². The Kier molecular flexibility index (Phi) is 6.49. The van der Waals surface area contributed by atoms with Crippen molar-refractivity contribution in [2.24, 2.45) is 0 Å². The highest BCUT2D eigenvalue weighted by Gasteiger charge is 2.22. The molecule has 0 saturated heterocycles. The van der Waals surface area contributed by atoms with Crippen LogP contribution in [0.25, 0.3) is 0 Å². The van der Waals surface area contributed by atoms with E-state index < -0.39 is 0 Å². The number of amides is 3. The lowest BCUT2D eigenvalue weighted by molar-refractivity contribution is -0.136. The molecular formula is C13H17N2O4. The van der Waals surface area contributed by atoms with Gasteiger partial charge >= 0.3 is 0 Å². The lowest BCUT2D eigenvalue weighted by Gasteiger charge is -2.12. The minimum absolute atomic E-state index is 0.0924. The molecule has 0 saturated carbocycles. The molecule has 0 atom stereocenters. The molecule has 1 radical (unpaired) electrons. The highest BCUT2D eigenvalue weighted by molar-refractivity contribution is 6.12. The summed E-state index contributed by atoms with van der Waals surface area (Å²) in [5.41, 5.74) is 0. The van der Waals surface area contributed by atoms with E-state index in [1.807, 2.05) is 0 Å². The van der Waals surface area contributed by atoms with Crippen molar-refractivity contribution in [3.8, 4) is 0 Å². The van der Waals surface area contributed by atoms with Gasteiger partial charge in [0.15, 0.2) is 6.29 Å². The summed E-state index contributed by atoms with van der Waals surface area (Å²) in [6, 6.07) is 0. The number of nitrogens with zero attached hydrogens (tertiary/aromatic N) is 1. The van der Waals surface area contributed by atoms with Crippen LogP contribution in [0.2, 0.25) is 0 Å². The van der Waals surface area contributed by atoms with E-state index in [9.17, 15) is 19.2 Å². The number of hydrogen-bond donors (Lipinski definition) is 1. The third-order valence-corrected chi connectivity index (χ3v) is 2.74. The van der Waals surface area contributed by atoms with Crippen LogP contribution in [0.4, 0.5) is 0 Å². The molecule has 1 aliphatic heterocycles. The summed E-state index contributed by atoms with van der Waals surface area (Å²) in [7, 11) is 0. The monoisotopic (exact) mass is 265 g/mol. The molecule has 0 aromatic heterocycles. The van der Waals surface area contributed by atoms with Crippen molar-refractivity contribution >= 4 is 24.0 Å². The molecule has 1 heterocycles. The van der Waals surface area contributed by atoms with Gasteiger partial charge in [0.2, 0.25) is 5.91 Å². The van der Waals surface area contributed by atoms with Gasteiger partial charge in [0, 0.05) is 38.1 Å². The topological polar surface area (TPSA) is 83.6 Å². The predicted molar refractivity (Wildman–Crippen MR) is 67.6 cm³/mol. The van der Waals surface area contributed by atoms with Crippen molar-refractivity contribution in [2.75, 3.05) is 13.1 Å². The highest BCUT2D eigenvalue weighted by Crippen LogP contribution is 2.07. The van der Waals surface area contributed by atoms with Gasteiger partial charge in [-0.15, -0.1) is 0 Å². The van der Waals surface area contributed by atoms with E-state index in [0.29, 0.717) is 32.4 Å².